The molecule has 0 radical (unpaired) electrons. The van der Waals surface area contributed by atoms with Gasteiger partial charge in [0.2, 0.25) is 0 Å². The molecule has 2 fully saturated rings. The molecular formula is C7H11NO. The van der Waals surface area contributed by atoms with E-state index >= 15 is 0 Å². The highest BCUT2D eigenvalue weighted by Gasteiger charge is 2.45. The smallest absolute Gasteiger partial charge is 0.140 e. The standard InChI is InChI=1S/C7H11NO/c8-6-3-4-1-2-5(6)7(4)9/h4-6H,1-3,8H2. The van der Waals surface area contributed by atoms with Crippen molar-refractivity contribution in [2.75, 3.05) is 0 Å². The third-order valence-corrected chi connectivity index (χ3v) is 2.67. The molecule has 2 aliphatic rings. The van der Waals surface area contributed by atoms with E-state index in [9.17, 15) is 4.79 Å². The molecule has 2 heteroatoms. The minimum Gasteiger partial charge on any atom is -0.327 e. The molecule has 0 spiro atoms. The minimum absolute atomic E-state index is 0.205. The number of carbonyl (C=O) groups excluding carboxylic acids is 1. The molecule has 2 aliphatic carbocycles. The van der Waals surface area contributed by atoms with E-state index in [1.54, 1.807) is 0 Å². The lowest BCUT2D eigenvalue weighted by Gasteiger charge is -2.13. The normalized spacial score (nSPS) is 48.6. The van der Waals surface area contributed by atoms with Gasteiger partial charge in [0.1, 0.15) is 5.78 Å². The fourth-order valence-corrected chi connectivity index (χ4v) is 2.12. The molecule has 3 unspecified atom stereocenters. The Kier molecular flexibility index (Phi) is 0.943. The predicted octanol–water partition coefficient (Wildman–Crippen LogP) is 0.313. The van der Waals surface area contributed by atoms with Gasteiger partial charge in [0.15, 0.2) is 0 Å². The number of hydrogen-bond acceptors (Lipinski definition) is 2. The van der Waals surface area contributed by atoms with Crippen molar-refractivity contribution in [3.8, 4) is 0 Å². The van der Waals surface area contributed by atoms with Gasteiger partial charge in [0.25, 0.3) is 0 Å². The zero-order valence-electron chi connectivity index (χ0n) is 5.34. The number of nitrogens with two attached hydrogens (primary N) is 1. The molecule has 0 aromatic heterocycles. The van der Waals surface area contributed by atoms with Crippen LogP contribution < -0.4 is 5.73 Å². The van der Waals surface area contributed by atoms with Gasteiger partial charge in [-0.05, 0) is 19.3 Å². The van der Waals surface area contributed by atoms with E-state index in [1.165, 1.54) is 0 Å². The molecular weight excluding hydrogens is 114 g/mol. The third kappa shape index (κ3) is 0.568. The molecule has 50 valence electrons. The highest BCUT2D eigenvalue weighted by atomic mass is 16.1. The van der Waals surface area contributed by atoms with Crippen molar-refractivity contribution in [2.45, 2.75) is 25.3 Å². The molecule has 0 aromatic carbocycles. The summed E-state index contributed by atoms with van der Waals surface area (Å²) in [5, 5.41) is 0. The summed E-state index contributed by atoms with van der Waals surface area (Å²) in [5.41, 5.74) is 5.69. The number of fused-ring (bicyclic) bond motifs is 2. The van der Waals surface area contributed by atoms with Gasteiger partial charge >= 0.3 is 0 Å². The molecule has 2 saturated carbocycles. The summed E-state index contributed by atoms with van der Waals surface area (Å²) >= 11 is 0. The molecule has 0 amide bonds. The molecule has 2 bridgehead atoms. The minimum atomic E-state index is 0.205. The van der Waals surface area contributed by atoms with Crippen LogP contribution in [0.1, 0.15) is 19.3 Å². The van der Waals surface area contributed by atoms with Gasteiger partial charge < -0.3 is 5.73 Å². The van der Waals surface area contributed by atoms with Crippen LogP contribution in [0.4, 0.5) is 0 Å². The molecule has 0 saturated heterocycles. The molecule has 2 N–H and O–H groups in total. The Balaban J connectivity index is 2.26. The molecule has 0 aliphatic heterocycles. The van der Waals surface area contributed by atoms with Gasteiger partial charge in [0, 0.05) is 17.9 Å². The van der Waals surface area contributed by atoms with Crippen molar-refractivity contribution < 1.29 is 4.79 Å². The molecule has 2 nitrogen and oxygen atoms in total. The molecule has 3 atom stereocenters. The number of Topliss-reactive ketones (excluding diaryl/α,β-unsaturated/α-hetero) is 1. The lowest BCUT2D eigenvalue weighted by Crippen LogP contribution is -2.27. The SMILES string of the molecule is NC1CC2CCC1C2=O. The Bertz CT molecular complexity index is 155. The van der Waals surface area contributed by atoms with Crippen molar-refractivity contribution in [1.29, 1.82) is 0 Å². The van der Waals surface area contributed by atoms with Gasteiger partial charge in [-0.25, -0.2) is 0 Å². The summed E-state index contributed by atoms with van der Waals surface area (Å²) in [6.07, 6.45) is 3.13. The second kappa shape index (κ2) is 1.57. The van der Waals surface area contributed by atoms with E-state index in [4.69, 9.17) is 5.73 Å². The largest absolute Gasteiger partial charge is 0.327 e. The molecule has 2 rings (SSSR count). The zero-order valence-corrected chi connectivity index (χ0v) is 5.34. The Morgan fingerprint density at radius 3 is 2.44 bits per heavy atom. The van der Waals surface area contributed by atoms with Crippen LogP contribution >= 0.6 is 0 Å². The summed E-state index contributed by atoms with van der Waals surface area (Å²) in [7, 11) is 0. The van der Waals surface area contributed by atoms with Crippen LogP contribution in [-0.4, -0.2) is 11.8 Å². The number of hydrogen-bond donors (Lipinski definition) is 1. The third-order valence-electron chi connectivity index (χ3n) is 2.67. The Hall–Kier alpha value is -0.370. The van der Waals surface area contributed by atoms with Crippen LogP contribution in [0.5, 0.6) is 0 Å². The summed E-state index contributed by atoms with van der Waals surface area (Å²) in [5.74, 6) is 1.04. The number of ketones is 1. The van der Waals surface area contributed by atoms with E-state index in [1.807, 2.05) is 0 Å². The fraction of sp³-hybridized carbons (Fsp3) is 0.857. The average molecular weight is 125 g/mol. The first kappa shape index (κ1) is 5.42. The maximum absolute atomic E-state index is 11.1. The second-order valence-electron chi connectivity index (χ2n) is 3.18. The molecule has 9 heavy (non-hydrogen) atoms. The van der Waals surface area contributed by atoms with E-state index < -0.39 is 0 Å². The lowest BCUT2D eigenvalue weighted by molar-refractivity contribution is -0.121. The van der Waals surface area contributed by atoms with Crippen LogP contribution in [0.25, 0.3) is 0 Å². The first-order chi connectivity index (χ1) is 4.29. The quantitative estimate of drug-likeness (QED) is 0.506. The summed E-state index contributed by atoms with van der Waals surface area (Å²) in [4.78, 5) is 11.1. The predicted molar refractivity (Wildman–Crippen MR) is 33.8 cm³/mol. The highest BCUT2D eigenvalue weighted by molar-refractivity contribution is 5.88. The fourth-order valence-electron chi connectivity index (χ4n) is 2.12. The van der Waals surface area contributed by atoms with E-state index in [-0.39, 0.29) is 12.0 Å². The van der Waals surface area contributed by atoms with E-state index in [0.29, 0.717) is 11.7 Å². The Labute approximate surface area is 54.4 Å². The van der Waals surface area contributed by atoms with Crippen molar-refractivity contribution in [2.24, 2.45) is 17.6 Å². The van der Waals surface area contributed by atoms with Gasteiger partial charge in [-0.1, -0.05) is 0 Å². The van der Waals surface area contributed by atoms with Crippen LogP contribution in [0, 0.1) is 11.8 Å². The van der Waals surface area contributed by atoms with Crippen LogP contribution in [0.2, 0.25) is 0 Å². The van der Waals surface area contributed by atoms with Gasteiger partial charge in [-0.15, -0.1) is 0 Å². The summed E-state index contributed by atoms with van der Waals surface area (Å²) in [6, 6.07) is 0.205. The molecule has 0 heterocycles. The Morgan fingerprint density at radius 2 is 2.22 bits per heavy atom. The maximum atomic E-state index is 11.1. The zero-order chi connectivity index (χ0) is 6.43. The first-order valence-electron chi connectivity index (χ1n) is 3.58. The first-order valence-corrected chi connectivity index (χ1v) is 3.58. The number of carbonyl (C=O) groups is 1. The lowest BCUT2D eigenvalue weighted by atomic mass is 9.96. The van der Waals surface area contributed by atoms with Crippen molar-refractivity contribution in [1.82, 2.24) is 0 Å². The molecule has 0 aromatic rings. The highest BCUT2D eigenvalue weighted by Crippen LogP contribution is 2.40. The summed E-state index contributed by atoms with van der Waals surface area (Å²) < 4.78 is 0. The van der Waals surface area contributed by atoms with Crippen molar-refractivity contribution in [3.05, 3.63) is 0 Å². The van der Waals surface area contributed by atoms with Gasteiger partial charge in [-0.2, -0.15) is 0 Å². The second-order valence-corrected chi connectivity index (χ2v) is 3.18. The Morgan fingerprint density at radius 1 is 1.44 bits per heavy atom. The van der Waals surface area contributed by atoms with Crippen molar-refractivity contribution in [3.63, 3.8) is 0 Å². The van der Waals surface area contributed by atoms with Gasteiger partial charge in [0.05, 0.1) is 0 Å². The van der Waals surface area contributed by atoms with Crippen LogP contribution in [0.3, 0.4) is 0 Å². The topological polar surface area (TPSA) is 43.1 Å². The maximum Gasteiger partial charge on any atom is 0.140 e. The van der Waals surface area contributed by atoms with E-state index in [2.05, 4.69) is 0 Å². The number of rotatable bonds is 0. The van der Waals surface area contributed by atoms with Crippen LogP contribution in [-0.2, 0) is 4.79 Å². The van der Waals surface area contributed by atoms with Crippen molar-refractivity contribution >= 4 is 5.78 Å². The summed E-state index contributed by atoms with van der Waals surface area (Å²) in [6.45, 7) is 0. The van der Waals surface area contributed by atoms with Crippen LogP contribution in [0.15, 0.2) is 0 Å². The monoisotopic (exact) mass is 125 g/mol. The van der Waals surface area contributed by atoms with E-state index in [0.717, 1.165) is 19.3 Å². The average Bonchev–Trinajstić information content (AvgIpc) is 2.25. The van der Waals surface area contributed by atoms with Gasteiger partial charge in [-0.3, -0.25) is 4.79 Å².